The number of aliphatic hydroxyl groups excluding tert-OH is 1. The molecule has 4 heteroatoms. The zero-order chi connectivity index (χ0) is 13.1. The van der Waals surface area contributed by atoms with Gasteiger partial charge < -0.3 is 9.84 Å². The molecule has 0 saturated heterocycles. The molecule has 94 valence electrons. The summed E-state index contributed by atoms with van der Waals surface area (Å²) in [6.07, 6.45) is -0.803. The van der Waals surface area contributed by atoms with Gasteiger partial charge in [0, 0.05) is 10.6 Å². The fourth-order valence-corrected chi connectivity index (χ4v) is 1.71. The Balaban J connectivity index is 2.36. The van der Waals surface area contributed by atoms with Gasteiger partial charge in [-0.25, -0.2) is 4.39 Å². The molecule has 0 radical (unpaired) electrons. The molecular weight excluding hydrogens is 255 g/mol. The van der Waals surface area contributed by atoms with E-state index >= 15 is 0 Å². The first-order chi connectivity index (χ1) is 8.58. The van der Waals surface area contributed by atoms with Crippen molar-refractivity contribution in [1.82, 2.24) is 0 Å². The van der Waals surface area contributed by atoms with Gasteiger partial charge in [-0.2, -0.15) is 0 Å². The normalized spacial score (nSPS) is 12.2. The van der Waals surface area contributed by atoms with Gasteiger partial charge in [0.15, 0.2) is 11.6 Å². The maximum atomic E-state index is 13.7. The van der Waals surface area contributed by atoms with Gasteiger partial charge in [0.2, 0.25) is 0 Å². The summed E-state index contributed by atoms with van der Waals surface area (Å²) in [7, 11) is 0. The van der Waals surface area contributed by atoms with E-state index in [9.17, 15) is 9.50 Å². The molecule has 0 aromatic heterocycles. The average Bonchev–Trinajstić information content (AvgIpc) is 2.34. The SMILES string of the molecule is C[C@H](O)c1cccc(F)c1Oc1ccc(Cl)cc1. The van der Waals surface area contributed by atoms with E-state index in [-0.39, 0.29) is 5.75 Å². The van der Waals surface area contributed by atoms with Crippen molar-refractivity contribution in [3.05, 3.63) is 58.9 Å². The number of para-hydroxylation sites is 1. The summed E-state index contributed by atoms with van der Waals surface area (Å²) in [6, 6.07) is 11.0. The van der Waals surface area contributed by atoms with E-state index in [1.54, 1.807) is 37.3 Å². The van der Waals surface area contributed by atoms with Crippen LogP contribution in [0.1, 0.15) is 18.6 Å². The Bertz CT molecular complexity index is 538. The summed E-state index contributed by atoms with van der Waals surface area (Å²) in [5.41, 5.74) is 0.407. The van der Waals surface area contributed by atoms with Gasteiger partial charge in [0.05, 0.1) is 6.10 Å². The van der Waals surface area contributed by atoms with Gasteiger partial charge in [-0.3, -0.25) is 0 Å². The Labute approximate surface area is 110 Å². The Hall–Kier alpha value is -1.58. The molecule has 0 heterocycles. The molecule has 0 aliphatic heterocycles. The molecule has 0 amide bonds. The number of aliphatic hydroxyl groups is 1. The molecule has 0 aliphatic carbocycles. The third kappa shape index (κ3) is 2.81. The summed E-state index contributed by atoms with van der Waals surface area (Å²) in [4.78, 5) is 0. The van der Waals surface area contributed by atoms with Gasteiger partial charge in [-0.15, -0.1) is 0 Å². The minimum atomic E-state index is -0.803. The number of halogens is 2. The predicted molar refractivity (Wildman–Crippen MR) is 68.6 cm³/mol. The zero-order valence-electron chi connectivity index (χ0n) is 9.73. The molecule has 0 aliphatic rings. The van der Waals surface area contributed by atoms with E-state index < -0.39 is 11.9 Å². The Kier molecular flexibility index (Phi) is 3.84. The number of hydrogen-bond donors (Lipinski definition) is 1. The number of benzene rings is 2. The van der Waals surface area contributed by atoms with Crippen LogP contribution in [0, 0.1) is 5.82 Å². The third-order valence-corrected chi connectivity index (χ3v) is 2.73. The van der Waals surface area contributed by atoms with Crippen LogP contribution in [0.2, 0.25) is 5.02 Å². The Morgan fingerprint density at radius 2 is 1.83 bits per heavy atom. The largest absolute Gasteiger partial charge is 0.454 e. The first kappa shape index (κ1) is 12.9. The quantitative estimate of drug-likeness (QED) is 0.896. The molecule has 2 aromatic rings. The van der Waals surface area contributed by atoms with Crippen LogP contribution in [0.3, 0.4) is 0 Å². The standard InChI is InChI=1S/C14H12ClFO2/c1-9(17)12-3-2-4-13(16)14(12)18-11-7-5-10(15)6-8-11/h2-9,17H,1H3/t9-/m0/s1. The summed E-state index contributed by atoms with van der Waals surface area (Å²) in [5.74, 6) is -0.00966. The first-order valence-corrected chi connectivity index (χ1v) is 5.85. The molecular formula is C14H12ClFO2. The second kappa shape index (κ2) is 5.38. The van der Waals surface area contributed by atoms with Crippen molar-refractivity contribution < 1.29 is 14.2 Å². The number of ether oxygens (including phenoxy) is 1. The minimum absolute atomic E-state index is 0.0369. The molecule has 0 saturated carbocycles. The topological polar surface area (TPSA) is 29.5 Å². The molecule has 0 unspecified atom stereocenters. The van der Waals surface area contributed by atoms with Crippen molar-refractivity contribution >= 4 is 11.6 Å². The predicted octanol–water partition coefficient (Wildman–Crippen LogP) is 4.32. The van der Waals surface area contributed by atoms with Crippen LogP contribution in [-0.2, 0) is 0 Å². The second-order valence-corrected chi connectivity index (χ2v) is 4.33. The van der Waals surface area contributed by atoms with E-state index in [2.05, 4.69) is 0 Å². The highest BCUT2D eigenvalue weighted by Crippen LogP contribution is 2.32. The molecule has 2 aromatic carbocycles. The van der Waals surface area contributed by atoms with Crippen LogP contribution in [0.15, 0.2) is 42.5 Å². The lowest BCUT2D eigenvalue weighted by Gasteiger charge is -2.13. The summed E-state index contributed by atoms with van der Waals surface area (Å²) in [6.45, 7) is 1.56. The van der Waals surface area contributed by atoms with E-state index in [4.69, 9.17) is 16.3 Å². The van der Waals surface area contributed by atoms with Crippen molar-refractivity contribution in [3.8, 4) is 11.5 Å². The molecule has 0 spiro atoms. The fourth-order valence-electron chi connectivity index (χ4n) is 1.58. The van der Waals surface area contributed by atoms with Crippen molar-refractivity contribution in [2.45, 2.75) is 13.0 Å². The smallest absolute Gasteiger partial charge is 0.168 e. The van der Waals surface area contributed by atoms with Crippen molar-refractivity contribution in [1.29, 1.82) is 0 Å². The van der Waals surface area contributed by atoms with Crippen LogP contribution < -0.4 is 4.74 Å². The lowest BCUT2D eigenvalue weighted by molar-refractivity contribution is 0.194. The molecule has 2 rings (SSSR count). The number of hydrogen-bond acceptors (Lipinski definition) is 2. The van der Waals surface area contributed by atoms with Crippen LogP contribution in [0.5, 0.6) is 11.5 Å². The maximum absolute atomic E-state index is 13.7. The Morgan fingerprint density at radius 1 is 1.17 bits per heavy atom. The van der Waals surface area contributed by atoms with E-state index in [0.29, 0.717) is 16.3 Å². The van der Waals surface area contributed by atoms with Crippen molar-refractivity contribution in [3.63, 3.8) is 0 Å². The van der Waals surface area contributed by atoms with Gasteiger partial charge in [-0.1, -0.05) is 23.7 Å². The summed E-state index contributed by atoms with van der Waals surface area (Å²) in [5, 5.41) is 10.2. The molecule has 18 heavy (non-hydrogen) atoms. The van der Waals surface area contributed by atoms with Crippen LogP contribution in [0.25, 0.3) is 0 Å². The van der Waals surface area contributed by atoms with Crippen molar-refractivity contribution in [2.24, 2.45) is 0 Å². The number of rotatable bonds is 3. The highest BCUT2D eigenvalue weighted by atomic mass is 35.5. The lowest BCUT2D eigenvalue weighted by atomic mass is 10.1. The highest BCUT2D eigenvalue weighted by Gasteiger charge is 2.14. The molecule has 1 atom stereocenters. The first-order valence-electron chi connectivity index (χ1n) is 5.48. The summed E-state index contributed by atoms with van der Waals surface area (Å²) >= 11 is 5.76. The van der Waals surface area contributed by atoms with Crippen LogP contribution in [0.4, 0.5) is 4.39 Å². The van der Waals surface area contributed by atoms with Gasteiger partial charge >= 0.3 is 0 Å². The molecule has 1 N–H and O–H groups in total. The maximum Gasteiger partial charge on any atom is 0.168 e. The van der Waals surface area contributed by atoms with Gasteiger partial charge in [-0.05, 0) is 37.3 Å². The average molecular weight is 267 g/mol. The third-order valence-electron chi connectivity index (χ3n) is 2.48. The second-order valence-electron chi connectivity index (χ2n) is 3.89. The highest BCUT2D eigenvalue weighted by molar-refractivity contribution is 6.30. The van der Waals surface area contributed by atoms with E-state index in [1.165, 1.54) is 12.1 Å². The van der Waals surface area contributed by atoms with Crippen molar-refractivity contribution in [2.75, 3.05) is 0 Å². The molecule has 0 fully saturated rings. The summed E-state index contributed by atoms with van der Waals surface area (Å²) < 4.78 is 19.2. The minimum Gasteiger partial charge on any atom is -0.454 e. The van der Waals surface area contributed by atoms with Crippen LogP contribution in [-0.4, -0.2) is 5.11 Å². The monoisotopic (exact) mass is 266 g/mol. The lowest BCUT2D eigenvalue weighted by Crippen LogP contribution is -1.98. The van der Waals surface area contributed by atoms with Gasteiger partial charge in [0.25, 0.3) is 0 Å². The van der Waals surface area contributed by atoms with Gasteiger partial charge in [0.1, 0.15) is 5.75 Å². The van der Waals surface area contributed by atoms with E-state index in [1.807, 2.05) is 0 Å². The van der Waals surface area contributed by atoms with E-state index in [0.717, 1.165) is 0 Å². The van der Waals surface area contributed by atoms with Crippen LogP contribution >= 0.6 is 11.6 Å². The molecule has 2 nitrogen and oxygen atoms in total. The Morgan fingerprint density at radius 3 is 2.44 bits per heavy atom. The molecule has 0 bridgehead atoms. The zero-order valence-corrected chi connectivity index (χ0v) is 10.5. The fraction of sp³-hybridized carbons (Fsp3) is 0.143.